The Hall–Kier alpha value is -0.600. The van der Waals surface area contributed by atoms with Crippen LogP contribution >= 0.6 is 0 Å². The number of carbonyl (C=O) groups excluding carboxylic acids is 1. The largest absolute Gasteiger partial charge is 0.467 e. The van der Waals surface area contributed by atoms with Crippen LogP contribution in [0.25, 0.3) is 0 Å². The number of halogens is 1. The third-order valence-electron chi connectivity index (χ3n) is 1.14. The molecule has 60 valence electrons. The van der Waals surface area contributed by atoms with E-state index in [1.807, 2.05) is 13.8 Å². The van der Waals surface area contributed by atoms with Crippen molar-refractivity contribution < 1.29 is 13.9 Å². The zero-order valence-electron chi connectivity index (χ0n) is 6.56. The van der Waals surface area contributed by atoms with Crippen LogP contribution in [0.4, 0.5) is 4.39 Å². The number of hydrogen-bond acceptors (Lipinski definition) is 2. The first-order valence-corrected chi connectivity index (χ1v) is 3.29. The average molecular weight is 148 g/mol. The Morgan fingerprint density at radius 2 is 2.10 bits per heavy atom. The Kier molecular flexibility index (Phi) is 4.00. The van der Waals surface area contributed by atoms with E-state index in [0.717, 1.165) is 0 Å². The Morgan fingerprint density at radius 3 is 2.40 bits per heavy atom. The van der Waals surface area contributed by atoms with Crippen LogP contribution in [-0.4, -0.2) is 19.3 Å². The van der Waals surface area contributed by atoms with Crippen LogP contribution in [0.15, 0.2) is 0 Å². The van der Waals surface area contributed by atoms with Crippen LogP contribution in [0.2, 0.25) is 0 Å². The number of alkyl halides is 1. The summed E-state index contributed by atoms with van der Waals surface area (Å²) in [6.45, 7) is 3.71. The van der Waals surface area contributed by atoms with E-state index in [4.69, 9.17) is 0 Å². The zero-order chi connectivity index (χ0) is 8.15. The molecule has 0 N–H and O–H groups in total. The van der Waals surface area contributed by atoms with Gasteiger partial charge in [-0.2, -0.15) is 0 Å². The van der Waals surface area contributed by atoms with Gasteiger partial charge in [0.25, 0.3) is 0 Å². The van der Waals surface area contributed by atoms with Crippen molar-refractivity contribution in [1.29, 1.82) is 0 Å². The normalized spacial score (nSPS) is 13.3. The molecule has 1 atom stereocenters. The number of hydrogen-bond donors (Lipinski definition) is 0. The van der Waals surface area contributed by atoms with Crippen LogP contribution in [0.5, 0.6) is 0 Å². The topological polar surface area (TPSA) is 26.3 Å². The molecule has 0 bridgehead atoms. The molecule has 0 aromatic heterocycles. The highest BCUT2D eigenvalue weighted by atomic mass is 19.1. The molecule has 0 aromatic carbocycles. The molecule has 0 aliphatic carbocycles. The molecule has 0 saturated carbocycles. The van der Waals surface area contributed by atoms with Gasteiger partial charge in [0.1, 0.15) is 0 Å². The summed E-state index contributed by atoms with van der Waals surface area (Å²) in [6, 6.07) is 0. The highest BCUT2D eigenvalue weighted by molar-refractivity contribution is 5.74. The van der Waals surface area contributed by atoms with Gasteiger partial charge in [-0.25, -0.2) is 9.18 Å². The third-order valence-corrected chi connectivity index (χ3v) is 1.14. The molecule has 0 rings (SSSR count). The van der Waals surface area contributed by atoms with Gasteiger partial charge in [-0.05, 0) is 12.3 Å². The second-order valence-electron chi connectivity index (χ2n) is 2.62. The summed E-state index contributed by atoms with van der Waals surface area (Å²) >= 11 is 0. The Morgan fingerprint density at radius 1 is 1.60 bits per heavy atom. The number of esters is 1. The fraction of sp³-hybridized carbons (Fsp3) is 0.857. The molecule has 0 spiro atoms. The van der Waals surface area contributed by atoms with Crippen molar-refractivity contribution in [1.82, 2.24) is 0 Å². The molecule has 0 aromatic rings. The first-order valence-electron chi connectivity index (χ1n) is 3.29. The second-order valence-corrected chi connectivity index (χ2v) is 2.62. The summed E-state index contributed by atoms with van der Waals surface area (Å²) in [5.41, 5.74) is 0. The average Bonchev–Trinajstić information content (AvgIpc) is 1.85. The van der Waals surface area contributed by atoms with E-state index in [-0.39, 0.29) is 12.3 Å². The molecule has 0 heterocycles. The highest BCUT2D eigenvalue weighted by Crippen LogP contribution is 2.08. The summed E-state index contributed by atoms with van der Waals surface area (Å²) in [6.07, 6.45) is -1.21. The number of rotatable bonds is 3. The van der Waals surface area contributed by atoms with Gasteiger partial charge in [0.15, 0.2) is 6.17 Å². The van der Waals surface area contributed by atoms with Gasteiger partial charge in [-0.15, -0.1) is 0 Å². The van der Waals surface area contributed by atoms with Gasteiger partial charge in [0, 0.05) is 0 Å². The van der Waals surface area contributed by atoms with Crippen LogP contribution in [0.3, 0.4) is 0 Å². The van der Waals surface area contributed by atoms with Gasteiger partial charge in [0.05, 0.1) is 7.11 Å². The first kappa shape index (κ1) is 9.40. The molecule has 0 radical (unpaired) electrons. The summed E-state index contributed by atoms with van der Waals surface area (Å²) in [4.78, 5) is 10.5. The molecule has 3 heteroatoms. The highest BCUT2D eigenvalue weighted by Gasteiger charge is 2.18. The van der Waals surface area contributed by atoms with Crippen LogP contribution in [0, 0.1) is 5.92 Å². The third kappa shape index (κ3) is 3.43. The lowest BCUT2D eigenvalue weighted by Crippen LogP contribution is -2.18. The Labute approximate surface area is 60.4 Å². The van der Waals surface area contributed by atoms with E-state index < -0.39 is 12.1 Å². The molecule has 0 amide bonds. The van der Waals surface area contributed by atoms with E-state index >= 15 is 0 Å². The number of carbonyl (C=O) groups is 1. The Balaban J connectivity index is 3.61. The maximum atomic E-state index is 12.6. The molecule has 0 aliphatic heterocycles. The van der Waals surface area contributed by atoms with E-state index in [1.54, 1.807) is 0 Å². The van der Waals surface area contributed by atoms with E-state index in [9.17, 15) is 9.18 Å². The summed E-state index contributed by atoms with van der Waals surface area (Å²) in [7, 11) is 1.19. The molecular weight excluding hydrogens is 135 g/mol. The lowest BCUT2D eigenvalue weighted by Gasteiger charge is -2.07. The van der Waals surface area contributed by atoms with Crippen molar-refractivity contribution in [2.75, 3.05) is 7.11 Å². The molecule has 0 fully saturated rings. The predicted octanol–water partition coefficient (Wildman–Crippen LogP) is 1.54. The summed E-state index contributed by atoms with van der Waals surface area (Å²) in [5, 5.41) is 0. The van der Waals surface area contributed by atoms with Crippen molar-refractivity contribution in [2.45, 2.75) is 26.4 Å². The number of ether oxygens (including phenoxy) is 1. The van der Waals surface area contributed by atoms with Crippen molar-refractivity contribution in [3.63, 3.8) is 0 Å². The number of methoxy groups -OCH3 is 1. The van der Waals surface area contributed by atoms with Gasteiger partial charge in [-0.3, -0.25) is 0 Å². The lowest BCUT2D eigenvalue weighted by atomic mass is 10.1. The summed E-state index contributed by atoms with van der Waals surface area (Å²) in [5.74, 6) is -0.581. The van der Waals surface area contributed by atoms with Crippen LogP contribution in [0.1, 0.15) is 20.3 Å². The fourth-order valence-electron chi connectivity index (χ4n) is 0.638. The van der Waals surface area contributed by atoms with Gasteiger partial charge in [0.2, 0.25) is 0 Å². The standard InChI is InChI=1S/C7H13FO2/c1-5(2)4-6(8)7(9)10-3/h5-6H,4H2,1-3H3. The molecule has 1 unspecified atom stereocenters. The van der Waals surface area contributed by atoms with Crippen molar-refractivity contribution in [3.05, 3.63) is 0 Å². The van der Waals surface area contributed by atoms with Crippen LogP contribution in [-0.2, 0) is 9.53 Å². The molecule has 10 heavy (non-hydrogen) atoms. The minimum Gasteiger partial charge on any atom is -0.467 e. The second kappa shape index (κ2) is 4.25. The quantitative estimate of drug-likeness (QED) is 0.567. The fourth-order valence-corrected chi connectivity index (χ4v) is 0.638. The minimum atomic E-state index is -1.45. The maximum Gasteiger partial charge on any atom is 0.340 e. The molecule has 0 saturated heterocycles. The molecule has 2 nitrogen and oxygen atoms in total. The van der Waals surface area contributed by atoms with Crippen molar-refractivity contribution >= 4 is 5.97 Å². The first-order chi connectivity index (χ1) is 4.57. The van der Waals surface area contributed by atoms with Crippen LogP contribution < -0.4 is 0 Å². The van der Waals surface area contributed by atoms with Crippen molar-refractivity contribution in [2.24, 2.45) is 5.92 Å². The summed E-state index contributed by atoms with van der Waals surface area (Å²) < 4.78 is 16.8. The lowest BCUT2D eigenvalue weighted by molar-refractivity contribution is -0.147. The van der Waals surface area contributed by atoms with E-state index in [1.165, 1.54) is 7.11 Å². The SMILES string of the molecule is COC(=O)C(F)CC(C)C. The Bertz CT molecular complexity index is 112. The van der Waals surface area contributed by atoms with E-state index in [2.05, 4.69) is 4.74 Å². The molecular formula is C7H13FO2. The predicted molar refractivity (Wildman–Crippen MR) is 36.4 cm³/mol. The van der Waals surface area contributed by atoms with E-state index in [0.29, 0.717) is 0 Å². The minimum absolute atomic E-state index is 0.189. The maximum absolute atomic E-state index is 12.6. The van der Waals surface area contributed by atoms with Gasteiger partial charge < -0.3 is 4.74 Å². The monoisotopic (exact) mass is 148 g/mol. The zero-order valence-corrected chi connectivity index (χ0v) is 6.56. The van der Waals surface area contributed by atoms with Gasteiger partial charge in [-0.1, -0.05) is 13.8 Å². The smallest absolute Gasteiger partial charge is 0.340 e. The van der Waals surface area contributed by atoms with Gasteiger partial charge >= 0.3 is 5.97 Å². The van der Waals surface area contributed by atoms with Crippen molar-refractivity contribution in [3.8, 4) is 0 Å². The molecule has 0 aliphatic rings.